The van der Waals surface area contributed by atoms with E-state index in [4.69, 9.17) is 0 Å². The predicted octanol–water partition coefficient (Wildman–Crippen LogP) is 11.5. The zero-order valence-corrected chi connectivity index (χ0v) is 21.7. The van der Waals surface area contributed by atoms with Crippen molar-refractivity contribution in [1.82, 2.24) is 0 Å². The van der Waals surface area contributed by atoms with Crippen LogP contribution in [0.3, 0.4) is 0 Å². The largest absolute Gasteiger partial charge is 0.0616 e. The van der Waals surface area contributed by atoms with E-state index in [1.54, 1.807) is 0 Å². The Hall–Kier alpha value is -5.20. The minimum atomic E-state index is 1.30. The first-order valence-corrected chi connectivity index (χ1v) is 14.0. The van der Waals surface area contributed by atoms with Gasteiger partial charge in [-0.2, -0.15) is 0 Å². The summed E-state index contributed by atoms with van der Waals surface area (Å²) in [4.78, 5) is 0. The zero-order chi connectivity index (χ0) is 25.9. The molecule has 0 spiro atoms. The van der Waals surface area contributed by atoms with Crippen molar-refractivity contribution in [3.63, 3.8) is 0 Å². The van der Waals surface area contributed by atoms with E-state index in [1.807, 2.05) is 0 Å². The van der Waals surface area contributed by atoms with Crippen molar-refractivity contribution in [2.24, 2.45) is 0 Å². The highest BCUT2D eigenvalue weighted by molar-refractivity contribution is 6.33. The van der Waals surface area contributed by atoms with E-state index in [2.05, 4.69) is 133 Å². The third-order valence-electron chi connectivity index (χ3n) is 9.30. The molecule has 0 atom stereocenters. The van der Waals surface area contributed by atoms with Gasteiger partial charge in [-0.05, 0) is 109 Å². The SMILES string of the molecule is c1ccc2c(c1)cc1ccc3ccc(-c4ccc5ccc6cc7ccccc7c7ccc4c5c67)c4ccc2c1c34. The third-order valence-corrected chi connectivity index (χ3v) is 9.30. The maximum absolute atomic E-state index is 2.36. The molecule has 10 aromatic rings. The predicted molar refractivity (Wildman–Crippen MR) is 174 cm³/mol. The van der Waals surface area contributed by atoms with Crippen molar-refractivity contribution >= 4 is 86.2 Å². The van der Waals surface area contributed by atoms with Crippen molar-refractivity contribution in [3.8, 4) is 11.1 Å². The molecule has 0 radical (unpaired) electrons. The molecule has 10 aromatic carbocycles. The molecule has 0 aliphatic carbocycles. The van der Waals surface area contributed by atoms with Crippen LogP contribution in [0.15, 0.2) is 133 Å². The average molecular weight is 503 g/mol. The molecule has 0 N–H and O–H groups in total. The lowest BCUT2D eigenvalue weighted by Crippen LogP contribution is -1.91. The van der Waals surface area contributed by atoms with Gasteiger partial charge in [0, 0.05) is 0 Å². The van der Waals surface area contributed by atoms with Crippen LogP contribution in [0, 0.1) is 0 Å². The Kier molecular flexibility index (Phi) is 3.76. The highest BCUT2D eigenvalue weighted by Gasteiger charge is 2.18. The van der Waals surface area contributed by atoms with Crippen LogP contribution in [-0.4, -0.2) is 0 Å². The second-order valence-corrected chi connectivity index (χ2v) is 11.3. The number of rotatable bonds is 1. The van der Waals surface area contributed by atoms with Crippen molar-refractivity contribution in [3.05, 3.63) is 133 Å². The average Bonchev–Trinajstić information content (AvgIpc) is 3.01. The van der Waals surface area contributed by atoms with Crippen LogP contribution in [0.2, 0.25) is 0 Å². The molecule has 10 rings (SSSR count). The molecule has 182 valence electrons. The molecule has 0 amide bonds. The third kappa shape index (κ3) is 2.52. The number of hydrogen-bond acceptors (Lipinski definition) is 0. The molecular weight excluding hydrogens is 480 g/mol. The molecule has 0 aliphatic rings. The first-order chi connectivity index (χ1) is 19.8. The first-order valence-electron chi connectivity index (χ1n) is 14.0. The number of fused-ring (bicyclic) bond motifs is 4. The van der Waals surface area contributed by atoms with Crippen LogP contribution in [0.1, 0.15) is 0 Å². The Balaban J connectivity index is 1.35. The van der Waals surface area contributed by atoms with Crippen molar-refractivity contribution in [2.45, 2.75) is 0 Å². The molecular formula is C40H22. The summed E-state index contributed by atoms with van der Waals surface area (Å²) in [5.74, 6) is 0. The Bertz CT molecular complexity index is 2450. The van der Waals surface area contributed by atoms with Crippen LogP contribution in [0.4, 0.5) is 0 Å². The summed E-state index contributed by atoms with van der Waals surface area (Å²) in [7, 11) is 0. The Morgan fingerprint density at radius 3 is 1.10 bits per heavy atom. The van der Waals surface area contributed by atoms with Gasteiger partial charge in [0.15, 0.2) is 0 Å². The van der Waals surface area contributed by atoms with Crippen LogP contribution >= 0.6 is 0 Å². The molecule has 0 nitrogen and oxygen atoms in total. The van der Waals surface area contributed by atoms with E-state index in [9.17, 15) is 0 Å². The van der Waals surface area contributed by atoms with Gasteiger partial charge in [-0.1, -0.05) is 121 Å². The topological polar surface area (TPSA) is 0 Å². The van der Waals surface area contributed by atoms with Gasteiger partial charge in [-0.15, -0.1) is 0 Å². The van der Waals surface area contributed by atoms with Crippen LogP contribution in [0.25, 0.3) is 97.3 Å². The Morgan fingerprint density at radius 2 is 0.600 bits per heavy atom. The summed E-state index contributed by atoms with van der Waals surface area (Å²) in [6.45, 7) is 0. The van der Waals surface area contributed by atoms with Gasteiger partial charge >= 0.3 is 0 Å². The molecule has 0 aliphatic heterocycles. The summed E-state index contributed by atoms with van der Waals surface area (Å²) in [6.07, 6.45) is 0. The minimum Gasteiger partial charge on any atom is -0.0616 e. The number of benzene rings is 10. The fourth-order valence-corrected chi connectivity index (χ4v) is 7.58. The molecule has 0 fully saturated rings. The van der Waals surface area contributed by atoms with Gasteiger partial charge in [0.1, 0.15) is 0 Å². The Labute approximate surface area is 230 Å². The molecule has 0 bridgehead atoms. The summed E-state index contributed by atoms with van der Waals surface area (Å²) in [5, 5.41) is 21.3. The van der Waals surface area contributed by atoms with Crippen molar-refractivity contribution in [1.29, 1.82) is 0 Å². The first kappa shape index (κ1) is 20.7. The van der Waals surface area contributed by atoms with E-state index < -0.39 is 0 Å². The van der Waals surface area contributed by atoms with E-state index >= 15 is 0 Å². The lowest BCUT2D eigenvalue weighted by molar-refractivity contribution is 1.73. The number of hydrogen-bond donors (Lipinski definition) is 0. The summed E-state index contributed by atoms with van der Waals surface area (Å²) >= 11 is 0. The van der Waals surface area contributed by atoms with Crippen LogP contribution < -0.4 is 0 Å². The van der Waals surface area contributed by atoms with Gasteiger partial charge < -0.3 is 0 Å². The van der Waals surface area contributed by atoms with E-state index in [0.29, 0.717) is 0 Å². The second kappa shape index (κ2) is 7.25. The zero-order valence-electron chi connectivity index (χ0n) is 21.7. The Morgan fingerprint density at radius 1 is 0.225 bits per heavy atom. The monoisotopic (exact) mass is 502 g/mol. The fraction of sp³-hybridized carbons (Fsp3) is 0. The standard InChI is InChI=1S/C40H22/c1-3-7-29-25(5-1)21-27-11-9-23-13-15-31(35-19-17-33(29)39(27)37(23)35)32-16-14-24-10-12-28-22-26-6-2-4-8-30(26)34-18-20-36(32)38(24)40(28)34/h1-22H. The molecule has 0 aromatic heterocycles. The van der Waals surface area contributed by atoms with Crippen LogP contribution in [-0.2, 0) is 0 Å². The van der Waals surface area contributed by atoms with Gasteiger partial charge in [0.05, 0.1) is 0 Å². The molecule has 40 heavy (non-hydrogen) atoms. The highest BCUT2D eigenvalue weighted by atomic mass is 14.2. The quantitative estimate of drug-likeness (QED) is 0.155. The summed E-state index contributed by atoms with van der Waals surface area (Å²) < 4.78 is 0. The maximum Gasteiger partial charge on any atom is -0.00201 e. The van der Waals surface area contributed by atoms with Crippen LogP contribution in [0.5, 0.6) is 0 Å². The summed E-state index contributed by atoms with van der Waals surface area (Å²) in [6, 6.07) is 50.1. The molecule has 0 unspecified atom stereocenters. The van der Waals surface area contributed by atoms with E-state index in [1.165, 1.54) is 97.3 Å². The van der Waals surface area contributed by atoms with Gasteiger partial charge in [0.2, 0.25) is 0 Å². The maximum atomic E-state index is 2.36. The van der Waals surface area contributed by atoms with Gasteiger partial charge in [0.25, 0.3) is 0 Å². The molecule has 0 heterocycles. The molecule has 0 saturated heterocycles. The van der Waals surface area contributed by atoms with Crippen molar-refractivity contribution in [2.75, 3.05) is 0 Å². The minimum absolute atomic E-state index is 1.30. The second-order valence-electron chi connectivity index (χ2n) is 11.3. The lowest BCUT2D eigenvalue weighted by atomic mass is 9.85. The van der Waals surface area contributed by atoms with Gasteiger partial charge in [-0.25, -0.2) is 0 Å². The smallest absolute Gasteiger partial charge is 0.00201 e. The highest BCUT2D eigenvalue weighted by Crippen LogP contribution is 2.46. The summed E-state index contributed by atoms with van der Waals surface area (Å²) in [5.41, 5.74) is 2.61. The molecule has 0 heteroatoms. The van der Waals surface area contributed by atoms with Crippen molar-refractivity contribution < 1.29 is 0 Å². The van der Waals surface area contributed by atoms with Gasteiger partial charge in [-0.3, -0.25) is 0 Å². The lowest BCUT2D eigenvalue weighted by Gasteiger charge is -2.18. The molecule has 0 saturated carbocycles. The fourth-order valence-electron chi connectivity index (χ4n) is 7.58. The normalized spacial score (nSPS) is 12.5. The van der Waals surface area contributed by atoms with E-state index in [-0.39, 0.29) is 0 Å². The van der Waals surface area contributed by atoms with E-state index in [0.717, 1.165) is 0 Å².